The summed E-state index contributed by atoms with van der Waals surface area (Å²) in [6, 6.07) is 8.06. The maximum Gasteiger partial charge on any atom is 0.331 e. The van der Waals surface area contributed by atoms with E-state index in [1.54, 1.807) is 0 Å². The highest BCUT2D eigenvalue weighted by Gasteiger charge is 2.37. The Hall–Kier alpha value is -1.51. The predicted octanol–water partition coefficient (Wildman–Crippen LogP) is 1.98. The SMILES string of the molecule is COC(=O)[C@@]1(C)CCc2ccccc2N1. The third-order valence-corrected chi connectivity index (χ3v) is 2.96. The molecule has 1 aromatic rings. The molecule has 0 aromatic heterocycles. The first-order valence-corrected chi connectivity index (χ1v) is 5.10. The van der Waals surface area contributed by atoms with Crippen molar-refractivity contribution in [3.8, 4) is 0 Å². The van der Waals surface area contributed by atoms with E-state index < -0.39 is 5.54 Å². The fraction of sp³-hybridized carbons (Fsp3) is 0.417. The second kappa shape index (κ2) is 3.57. The molecule has 3 heteroatoms. The van der Waals surface area contributed by atoms with Crippen molar-refractivity contribution >= 4 is 11.7 Å². The van der Waals surface area contributed by atoms with Crippen LogP contribution in [0.5, 0.6) is 0 Å². The molecule has 2 rings (SSSR count). The van der Waals surface area contributed by atoms with Crippen molar-refractivity contribution in [2.45, 2.75) is 25.3 Å². The molecule has 0 radical (unpaired) electrons. The van der Waals surface area contributed by atoms with Crippen molar-refractivity contribution in [2.75, 3.05) is 12.4 Å². The molecule has 1 N–H and O–H groups in total. The number of esters is 1. The second-order valence-corrected chi connectivity index (χ2v) is 4.11. The van der Waals surface area contributed by atoms with Gasteiger partial charge in [0.15, 0.2) is 0 Å². The lowest BCUT2D eigenvalue weighted by atomic mass is 9.88. The molecule has 15 heavy (non-hydrogen) atoms. The minimum absolute atomic E-state index is 0.197. The van der Waals surface area contributed by atoms with Gasteiger partial charge in [-0.25, -0.2) is 4.79 Å². The Morgan fingerprint density at radius 1 is 1.47 bits per heavy atom. The van der Waals surface area contributed by atoms with Gasteiger partial charge in [-0.1, -0.05) is 18.2 Å². The molecule has 0 bridgehead atoms. The highest BCUT2D eigenvalue weighted by molar-refractivity contribution is 5.85. The normalized spacial score (nSPS) is 23.9. The molecule has 1 heterocycles. The number of hydrogen-bond donors (Lipinski definition) is 1. The van der Waals surface area contributed by atoms with Crippen molar-refractivity contribution < 1.29 is 9.53 Å². The summed E-state index contributed by atoms with van der Waals surface area (Å²) in [6.07, 6.45) is 1.69. The number of carbonyl (C=O) groups excluding carboxylic acids is 1. The van der Waals surface area contributed by atoms with Crippen LogP contribution in [0.2, 0.25) is 0 Å². The topological polar surface area (TPSA) is 38.3 Å². The molecule has 0 fully saturated rings. The summed E-state index contributed by atoms with van der Waals surface area (Å²) in [4.78, 5) is 11.6. The van der Waals surface area contributed by atoms with Crippen molar-refractivity contribution in [1.82, 2.24) is 0 Å². The summed E-state index contributed by atoms with van der Waals surface area (Å²) in [5.41, 5.74) is 1.72. The van der Waals surface area contributed by atoms with Crippen molar-refractivity contribution in [3.63, 3.8) is 0 Å². The number of carbonyl (C=O) groups is 1. The van der Waals surface area contributed by atoms with Crippen LogP contribution in [0.4, 0.5) is 5.69 Å². The number of benzene rings is 1. The van der Waals surface area contributed by atoms with Gasteiger partial charge in [-0.3, -0.25) is 0 Å². The largest absolute Gasteiger partial charge is 0.467 e. The fourth-order valence-corrected chi connectivity index (χ4v) is 1.98. The molecule has 1 aliphatic heterocycles. The Morgan fingerprint density at radius 3 is 2.93 bits per heavy atom. The highest BCUT2D eigenvalue weighted by Crippen LogP contribution is 2.30. The van der Waals surface area contributed by atoms with Gasteiger partial charge < -0.3 is 10.1 Å². The number of aryl methyl sites for hydroxylation is 1. The van der Waals surface area contributed by atoms with E-state index in [9.17, 15) is 4.79 Å². The Balaban J connectivity index is 2.28. The van der Waals surface area contributed by atoms with E-state index in [1.807, 2.05) is 25.1 Å². The number of para-hydroxylation sites is 1. The summed E-state index contributed by atoms with van der Waals surface area (Å²) in [5, 5.41) is 3.25. The zero-order valence-corrected chi connectivity index (χ0v) is 9.04. The zero-order chi connectivity index (χ0) is 10.9. The maximum absolute atomic E-state index is 11.6. The van der Waals surface area contributed by atoms with Crippen LogP contribution in [0.3, 0.4) is 0 Å². The van der Waals surface area contributed by atoms with Gasteiger partial charge in [0, 0.05) is 5.69 Å². The minimum Gasteiger partial charge on any atom is -0.467 e. The Morgan fingerprint density at radius 2 is 2.20 bits per heavy atom. The standard InChI is InChI=1S/C12H15NO2/c1-12(11(14)15-2)8-7-9-5-3-4-6-10(9)13-12/h3-6,13H,7-8H2,1-2H3/t12-/m1/s1. The van der Waals surface area contributed by atoms with Crippen LogP contribution in [0.1, 0.15) is 18.9 Å². The molecule has 3 nitrogen and oxygen atoms in total. The number of rotatable bonds is 1. The first-order valence-electron chi connectivity index (χ1n) is 5.10. The average molecular weight is 205 g/mol. The Kier molecular flexibility index (Phi) is 2.39. The number of methoxy groups -OCH3 is 1. The molecule has 80 valence electrons. The number of nitrogens with one attached hydrogen (secondary N) is 1. The number of anilines is 1. The van der Waals surface area contributed by atoms with Gasteiger partial charge in [-0.05, 0) is 31.4 Å². The molecule has 0 amide bonds. The molecule has 1 atom stereocenters. The lowest BCUT2D eigenvalue weighted by Crippen LogP contribution is -2.46. The lowest BCUT2D eigenvalue weighted by molar-refractivity contribution is -0.145. The summed E-state index contributed by atoms with van der Waals surface area (Å²) >= 11 is 0. The van der Waals surface area contributed by atoms with E-state index in [2.05, 4.69) is 11.4 Å². The van der Waals surface area contributed by atoms with Crippen molar-refractivity contribution in [2.24, 2.45) is 0 Å². The summed E-state index contributed by atoms with van der Waals surface area (Å²) in [6.45, 7) is 1.88. The van der Waals surface area contributed by atoms with E-state index in [0.717, 1.165) is 18.5 Å². The first-order chi connectivity index (χ1) is 7.15. The summed E-state index contributed by atoms with van der Waals surface area (Å²) in [5.74, 6) is -0.197. The third kappa shape index (κ3) is 1.69. The number of fused-ring (bicyclic) bond motifs is 1. The van der Waals surface area contributed by atoms with Crippen LogP contribution in [0, 0.1) is 0 Å². The van der Waals surface area contributed by atoms with E-state index in [4.69, 9.17) is 4.74 Å². The smallest absolute Gasteiger partial charge is 0.331 e. The van der Waals surface area contributed by atoms with E-state index in [0.29, 0.717) is 0 Å². The van der Waals surface area contributed by atoms with Crippen LogP contribution < -0.4 is 5.32 Å². The Labute approximate surface area is 89.4 Å². The monoisotopic (exact) mass is 205 g/mol. The van der Waals surface area contributed by atoms with Gasteiger partial charge in [0.25, 0.3) is 0 Å². The highest BCUT2D eigenvalue weighted by atomic mass is 16.5. The number of hydrogen-bond acceptors (Lipinski definition) is 3. The fourth-order valence-electron chi connectivity index (χ4n) is 1.98. The molecule has 1 aromatic carbocycles. The molecule has 1 aliphatic rings. The summed E-state index contributed by atoms with van der Waals surface area (Å²) < 4.78 is 4.81. The van der Waals surface area contributed by atoms with Crippen molar-refractivity contribution in [3.05, 3.63) is 29.8 Å². The van der Waals surface area contributed by atoms with E-state index >= 15 is 0 Å². The first kappa shape index (κ1) is 10.0. The van der Waals surface area contributed by atoms with E-state index in [1.165, 1.54) is 12.7 Å². The minimum atomic E-state index is -0.580. The van der Waals surface area contributed by atoms with E-state index in [-0.39, 0.29) is 5.97 Å². The van der Waals surface area contributed by atoms with Gasteiger partial charge in [0.05, 0.1) is 7.11 Å². The predicted molar refractivity (Wildman–Crippen MR) is 58.8 cm³/mol. The van der Waals surface area contributed by atoms with Gasteiger partial charge in [0.2, 0.25) is 0 Å². The lowest BCUT2D eigenvalue weighted by Gasteiger charge is -2.34. The second-order valence-electron chi connectivity index (χ2n) is 4.11. The quantitative estimate of drug-likeness (QED) is 0.712. The van der Waals surface area contributed by atoms with Crippen molar-refractivity contribution in [1.29, 1.82) is 0 Å². The van der Waals surface area contributed by atoms with Crippen LogP contribution in [-0.2, 0) is 16.0 Å². The Bertz CT molecular complexity index is 389. The van der Waals surface area contributed by atoms with Crippen LogP contribution in [0.25, 0.3) is 0 Å². The third-order valence-electron chi connectivity index (χ3n) is 2.96. The van der Waals surface area contributed by atoms with Crippen LogP contribution in [-0.4, -0.2) is 18.6 Å². The molecular weight excluding hydrogens is 190 g/mol. The number of ether oxygens (including phenoxy) is 1. The van der Waals surface area contributed by atoms with Crippen LogP contribution >= 0.6 is 0 Å². The maximum atomic E-state index is 11.6. The van der Waals surface area contributed by atoms with Gasteiger partial charge >= 0.3 is 5.97 Å². The van der Waals surface area contributed by atoms with Crippen LogP contribution in [0.15, 0.2) is 24.3 Å². The zero-order valence-electron chi connectivity index (χ0n) is 9.04. The molecular formula is C12H15NO2. The molecule has 0 aliphatic carbocycles. The molecule has 0 saturated heterocycles. The summed E-state index contributed by atoms with van der Waals surface area (Å²) in [7, 11) is 1.43. The molecule has 0 spiro atoms. The molecule has 0 saturated carbocycles. The molecule has 0 unspecified atom stereocenters. The van der Waals surface area contributed by atoms with Gasteiger partial charge in [-0.15, -0.1) is 0 Å². The van der Waals surface area contributed by atoms with Gasteiger partial charge in [-0.2, -0.15) is 0 Å². The average Bonchev–Trinajstić information content (AvgIpc) is 2.27. The van der Waals surface area contributed by atoms with Gasteiger partial charge in [0.1, 0.15) is 5.54 Å².